The first-order valence-electron chi connectivity index (χ1n) is 6.50. The number of thiocarbonyl (C=S) groups is 1. The molecule has 1 aromatic rings. The van der Waals surface area contributed by atoms with Crippen LogP contribution in [0.3, 0.4) is 0 Å². The van der Waals surface area contributed by atoms with Crippen molar-refractivity contribution in [3.8, 4) is 17.6 Å². The van der Waals surface area contributed by atoms with E-state index in [1.54, 1.807) is 18.2 Å². The highest BCUT2D eigenvalue weighted by atomic mass is 32.1. The van der Waals surface area contributed by atoms with Gasteiger partial charge in [-0.05, 0) is 36.0 Å². The summed E-state index contributed by atoms with van der Waals surface area (Å²) in [5.41, 5.74) is 0.541. The predicted molar refractivity (Wildman–Crippen MR) is 85.6 cm³/mol. The van der Waals surface area contributed by atoms with Crippen molar-refractivity contribution in [2.75, 3.05) is 20.8 Å². The molecular weight excluding hydrogens is 318 g/mol. The summed E-state index contributed by atoms with van der Waals surface area (Å²) in [4.78, 5) is 25.2. The first-order chi connectivity index (χ1) is 11.0. The van der Waals surface area contributed by atoms with Crippen molar-refractivity contribution < 1.29 is 19.1 Å². The number of carbonyl (C=O) groups is 2. The van der Waals surface area contributed by atoms with Gasteiger partial charge < -0.3 is 9.47 Å². The lowest BCUT2D eigenvalue weighted by atomic mass is 10.1. The van der Waals surface area contributed by atoms with Crippen LogP contribution in [0, 0.1) is 11.3 Å². The molecule has 1 heterocycles. The Hall–Kier alpha value is -2.92. The van der Waals surface area contributed by atoms with E-state index in [4.69, 9.17) is 27.0 Å². The number of nitriles is 1. The number of hydrogen-bond donors (Lipinski definition) is 1. The van der Waals surface area contributed by atoms with E-state index in [1.807, 2.05) is 6.07 Å². The summed E-state index contributed by atoms with van der Waals surface area (Å²) in [6.45, 7) is -0.111. The molecule has 0 spiro atoms. The van der Waals surface area contributed by atoms with Crippen molar-refractivity contribution in [3.63, 3.8) is 0 Å². The van der Waals surface area contributed by atoms with E-state index in [2.05, 4.69) is 5.32 Å². The van der Waals surface area contributed by atoms with Crippen molar-refractivity contribution in [1.29, 1.82) is 5.26 Å². The molecule has 0 bridgehead atoms. The molecule has 118 valence electrons. The van der Waals surface area contributed by atoms with E-state index in [-0.39, 0.29) is 17.3 Å². The molecule has 8 heteroatoms. The Kier molecular flexibility index (Phi) is 4.93. The molecule has 0 aromatic heterocycles. The standard InChI is InChI=1S/C15H13N3O4S/c1-18-14(20)10(13(19)17-15(18)23)7-9-3-4-11(22-6-5-16)12(8-9)21-2/h3-4,7-8H,6H2,1-2H3,(H,17,19,23)/b10-7+. The molecule has 0 aliphatic carbocycles. The maximum Gasteiger partial charge on any atom is 0.265 e. The van der Waals surface area contributed by atoms with Crippen molar-refractivity contribution in [3.05, 3.63) is 29.3 Å². The zero-order chi connectivity index (χ0) is 17.0. The van der Waals surface area contributed by atoms with Crippen molar-refractivity contribution in [2.24, 2.45) is 0 Å². The molecule has 1 aliphatic heterocycles. The van der Waals surface area contributed by atoms with Crippen LogP contribution in [-0.2, 0) is 9.59 Å². The number of hydrogen-bond acceptors (Lipinski definition) is 6. The third-order valence-corrected chi connectivity index (χ3v) is 3.47. The van der Waals surface area contributed by atoms with Crippen LogP contribution < -0.4 is 14.8 Å². The molecule has 1 saturated heterocycles. The normalized spacial score (nSPS) is 16.1. The van der Waals surface area contributed by atoms with E-state index >= 15 is 0 Å². The van der Waals surface area contributed by atoms with E-state index in [1.165, 1.54) is 25.1 Å². The van der Waals surface area contributed by atoms with Gasteiger partial charge in [0.1, 0.15) is 11.6 Å². The molecule has 1 N–H and O–H groups in total. The van der Waals surface area contributed by atoms with Gasteiger partial charge in [-0.2, -0.15) is 5.26 Å². The lowest BCUT2D eigenvalue weighted by molar-refractivity contribution is -0.128. The number of likely N-dealkylation sites (N-methyl/N-ethyl adjacent to an activating group) is 1. The van der Waals surface area contributed by atoms with Crippen molar-refractivity contribution in [1.82, 2.24) is 10.2 Å². The maximum absolute atomic E-state index is 12.1. The average molecular weight is 331 g/mol. The second-order valence-corrected chi connectivity index (χ2v) is 4.93. The molecule has 0 atom stereocenters. The Morgan fingerprint density at radius 3 is 2.78 bits per heavy atom. The molecule has 1 aliphatic rings. The predicted octanol–water partition coefficient (Wildman–Crippen LogP) is 0.854. The van der Waals surface area contributed by atoms with Crippen LogP contribution >= 0.6 is 12.2 Å². The van der Waals surface area contributed by atoms with Gasteiger partial charge in [0.2, 0.25) is 0 Å². The molecule has 1 fully saturated rings. The fourth-order valence-electron chi connectivity index (χ4n) is 1.92. The van der Waals surface area contributed by atoms with E-state index in [9.17, 15) is 9.59 Å². The number of carbonyl (C=O) groups excluding carboxylic acids is 2. The molecule has 2 amide bonds. The molecular formula is C15H13N3O4S. The van der Waals surface area contributed by atoms with Gasteiger partial charge in [-0.1, -0.05) is 6.07 Å². The van der Waals surface area contributed by atoms with E-state index in [0.717, 1.165) is 0 Å². The summed E-state index contributed by atoms with van der Waals surface area (Å²) in [6, 6.07) is 6.72. The average Bonchev–Trinajstić information content (AvgIpc) is 2.55. The van der Waals surface area contributed by atoms with Crippen LogP contribution in [0.25, 0.3) is 6.08 Å². The zero-order valence-corrected chi connectivity index (χ0v) is 13.3. The van der Waals surface area contributed by atoms with E-state index < -0.39 is 11.8 Å². The Labute approximate surface area is 138 Å². The number of ether oxygens (including phenoxy) is 2. The SMILES string of the molecule is COc1cc(/C=C2\C(=O)NC(=S)N(C)C2=O)ccc1OCC#N. The van der Waals surface area contributed by atoms with Gasteiger partial charge in [-0.3, -0.25) is 19.8 Å². The smallest absolute Gasteiger partial charge is 0.265 e. The third-order valence-electron chi connectivity index (χ3n) is 3.10. The number of methoxy groups -OCH3 is 1. The molecule has 0 unspecified atom stereocenters. The number of amides is 2. The highest BCUT2D eigenvalue weighted by molar-refractivity contribution is 7.80. The van der Waals surface area contributed by atoms with Crippen molar-refractivity contribution >= 4 is 35.2 Å². The second-order valence-electron chi connectivity index (χ2n) is 4.54. The minimum Gasteiger partial charge on any atom is -0.493 e. The van der Waals surface area contributed by atoms with Crippen LogP contribution in [-0.4, -0.2) is 42.6 Å². The summed E-state index contributed by atoms with van der Waals surface area (Å²) in [5, 5.41) is 11.0. The molecule has 23 heavy (non-hydrogen) atoms. The quantitative estimate of drug-likeness (QED) is 0.500. The number of nitrogens with zero attached hydrogens (tertiary/aromatic N) is 2. The minimum absolute atomic E-state index is 0.0335. The highest BCUT2D eigenvalue weighted by Gasteiger charge is 2.30. The lowest BCUT2D eigenvalue weighted by Crippen LogP contribution is -2.52. The Balaban J connectivity index is 2.35. The Morgan fingerprint density at radius 2 is 2.13 bits per heavy atom. The fraction of sp³-hybridized carbons (Fsp3) is 0.200. The van der Waals surface area contributed by atoms with Crippen molar-refractivity contribution in [2.45, 2.75) is 0 Å². The zero-order valence-electron chi connectivity index (χ0n) is 12.5. The monoisotopic (exact) mass is 331 g/mol. The van der Waals surface area contributed by atoms with Crippen LogP contribution in [0.15, 0.2) is 23.8 Å². The van der Waals surface area contributed by atoms with Crippen LogP contribution in [0.4, 0.5) is 0 Å². The fourth-order valence-corrected chi connectivity index (χ4v) is 2.09. The van der Waals surface area contributed by atoms with Crippen LogP contribution in [0.5, 0.6) is 11.5 Å². The third kappa shape index (κ3) is 3.46. The number of rotatable bonds is 4. The molecule has 7 nitrogen and oxygen atoms in total. The van der Waals surface area contributed by atoms with Crippen LogP contribution in [0.2, 0.25) is 0 Å². The number of benzene rings is 1. The first kappa shape index (κ1) is 16.5. The largest absolute Gasteiger partial charge is 0.493 e. The van der Waals surface area contributed by atoms with Gasteiger partial charge in [0, 0.05) is 7.05 Å². The molecule has 2 rings (SSSR count). The van der Waals surface area contributed by atoms with Gasteiger partial charge in [-0.15, -0.1) is 0 Å². The van der Waals surface area contributed by atoms with Gasteiger partial charge in [-0.25, -0.2) is 0 Å². The Bertz CT molecular complexity index is 752. The van der Waals surface area contributed by atoms with Gasteiger partial charge in [0.15, 0.2) is 23.2 Å². The highest BCUT2D eigenvalue weighted by Crippen LogP contribution is 2.29. The summed E-state index contributed by atoms with van der Waals surface area (Å²) in [6.07, 6.45) is 1.44. The number of nitrogens with one attached hydrogen (secondary N) is 1. The minimum atomic E-state index is -0.554. The van der Waals surface area contributed by atoms with Gasteiger partial charge >= 0.3 is 0 Å². The topological polar surface area (TPSA) is 91.7 Å². The summed E-state index contributed by atoms with van der Waals surface area (Å²) in [5.74, 6) is -0.250. The summed E-state index contributed by atoms with van der Waals surface area (Å²) >= 11 is 4.88. The molecule has 0 radical (unpaired) electrons. The first-order valence-corrected chi connectivity index (χ1v) is 6.91. The molecule has 1 aromatic carbocycles. The lowest BCUT2D eigenvalue weighted by Gasteiger charge is -2.25. The Morgan fingerprint density at radius 1 is 1.39 bits per heavy atom. The van der Waals surface area contributed by atoms with E-state index in [0.29, 0.717) is 17.1 Å². The van der Waals surface area contributed by atoms with Gasteiger partial charge in [0.25, 0.3) is 11.8 Å². The summed E-state index contributed by atoms with van der Waals surface area (Å²) < 4.78 is 10.4. The maximum atomic E-state index is 12.1. The molecule has 0 saturated carbocycles. The van der Waals surface area contributed by atoms with Crippen LogP contribution in [0.1, 0.15) is 5.56 Å². The summed E-state index contributed by atoms with van der Waals surface area (Å²) in [7, 11) is 2.94. The second kappa shape index (κ2) is 6.89. The van der Waals surface area contributed by atoms with Gasteiger partial charge in [0.05, 0.1) is 7.11 Å².